The molecule has 6 heteroatoms. The number of nitrogen functional groups attached to an aromatic ring is 1. The van der Waals surface area contributed by atoms with Gasteiger partial charge in [0.1, 0.15) is 11.7 Å². The van der Waals surface area contributed by atoms with Crippen molar-refractivity contribution in [1.29, 1.82) is 5.41 Å². The van der Waals surface area contributed by atoms with Crippen molar-refractivity contribution in [3.8, 4) is 0 Å². The highest BCUT2D eigenvalue weighted by Crippen LogP contribution is 2.33. The van der Waals surface area contributed by atoms with E-state index in [2.05, 4.69) is 23.8 Å². The van der Waals surface area contributed by atoms with Crippen LogP contribution in [0.15, 0.2) is 0 Å². The third-order valence-electron chi connectivity index (χ3n) is 3.60. The summed E-state index contributed by atoms with van der Waals surface area (Å²) >= 11 is 2.01. The SMILES string of the molecule is Cc1nn(C)c(N2CCSC(C)(C)CC2)c1C(=N)N. The molecule has 0 amide bonds. The molecule has 0 bridgehead atoms. The number of thioether (sulfide) groups is 1. The molecule has 1 aromatic heterocycles. The van der Waals surface area contributed by atoms with E-state index in [1.807, 2.05) is 30.4 Å². The highest BCUT2D eigenvalue weighted by Gasteiger charge is 2.27. The fourth-order valence-corrected chi connectivity index (χ4v) is 3.66. The van der Waals surface area contributed by atoms with E-state index in [0.29, 0.717) is 4.75 Å². The lowest BCUT2D eigenvalue weighted by Gasteiger charge is -2.25. The van der Waals surface area contributed by atoms with Gasteiger partial charge in [-0.3, -0.25) is 10.1 Å². The maximum atomic E-state index is 7.77. The summed E-state index contributed by atoms with van der Waals surface area (Å²) in [6.45, 7) is 8.46. The molecule has 3 N–H and O–H groups in total. The normalized spacial score (nSPS) is 19.3. The first-order chi connectivity index (χ1) is 8.82. The van der Waals surface area contributed by atoms with Crippen LogP contribution in [0, 0.1) is 12.3 Å². The molecule has 0 aromatic carbocycles. The summed E-state index contributed by atoms with van der Waals surface area (Å²) < 4.78 is 2.17. The fraction of sp³-hybridized carbons (Fsp3) is 0.692. The molecule has 19 heavy (non-hydrogen) atoms. The van der Waals surface area contributed by atoms with Crippen molar-refractivity contribution in [2.24, 2.45) is 12.8 Å². The summed E-state index contributed by atoms with van der Waals surface area (Å²) in [5.74, 6) is 2.19. The van der Waals surface area contributed by atoms with Crippen molar-refractivity contribution >= 4 is 23.4 Å². The molecule has 1 aromatic rings. The van der Waals surface area contributed by atoms with Gasteiger partial charge < -0.3 is 10.6 Å². The van der Waals surface area contributed by atoms with Crippen molar-refractivity contribution in [1.82, 2.24) is 9.78 Å². The summed E-state index contributed by atoms with van der Waals surface area (Å²) in [5, 5.41) is 12.2. The quantitative estimate of drug-likeness (QED) is 0.640. The highest BCUT2D eigenvalue weighted by molar-refractivity contribution is 8.00. The summed E-state index contributed by atoms with van der Waals surface area (Å²) in [6.07, 6.45) is 1.12. The Kier molecular flexibility index (Phi) is 3.80. The van der Waals surface area contributed by atoms with E-state index in [1.165, 1.54) is 0 Å². The Morgan fingerprint density at radius 1 is 1.42 bits per heavy atom. The molecular formula is C13H23N5S. The molecule has 1 aliphatic heterocycles. The smallest absolute Gasteiger partial charge is 0.137 e. The van der Waals surface area contributed by atoms with Gasteiger partial charge in [0.2, 0.25) is 0 Å². The fourth-order valence-electron chi connectivity index (χ4n) is 2.56. The second-order valence-corrected chi connectivity index (χ2v) is 7.47. The van der Waals surface area contributed by atoms with Crippen molar-refractivity contribution < 1.29 is 0 Å². The van der Waals surface area contributed by atoms with Crippen LogP contribution in [0.2, 0.25) is 0 Å². The molecule has 0 spiro atoms. The van der Waals surface area contributed by atoms with Gasteiger partial charge in [-0.2, -0.15) is 16.9 Å². The number of rotatable bonds is 2. The number of hydrogen-bond acceptors (Lipinski definition) is 4. The van der Waals surface area contributed by atoms with E-state index < -0.39 is 0 Å². The molecular weight excluding hydrogens is 258 g/mol. The van der Waals surface area contributed by atoms with Crippen LogP contribution in [0.3, 0.4) is 0 Å². The van der Waals surface area contributed by atoms with Crippen LogP contribution >= 0.6 is 11.8 Å². The van der Waals surface area contributed by atoms with Gasteiger partial charge in [-0.05, 0) is 13.3 Å². The molecule has 0 unspecified atom stereocenters. The third kappa shape index (κ3) is 2.88. The second kappa shape index (κ2) is 5.07. The van der Waals surface area contributed by atoms with Gasteiger partial charge in [-0.1, -0.05) is 13.8 Å². The maximum Gasteiger partial charge on any atom is 0.137 e. The van der Waals surface area contributed by atoms with Crippen LogP contribution in [0.5, 0.6) is 0 Å². The van der Waals surface area contributed by atoms with Crippen molar-refractivity contribution in [3.63, 3.8) is 0 Å². The number of amidine groups is 1. The van der Waals surface area contributed by atoms with Crippen LogP contribution in [-0.4, -0.2) is 39.2 Å². The van der Waals surface area contributed by atoms with Crippen molar-refractivity contribution in [2.75, 3.05) is 23.7 Å². The minimum absolute atomic E-state index is 0.108. The zero-order valence-corrected chi connectivity index (χ0v) is 13.0. The molecule has 2 rings (SSSR count). The monoisotopic (exact) mass is 281 g/mol. The van der Waals surface area contributed by atoms with E-state index in [4.69, 9.17) is 11.1 Å². The predicted molar refractivity (Wildman–Crippen MR) is 82.3 cm³/mol. The Bertz CT molecular complexity index is 491. The van der Waals surface area contributed by atoms with Gasteiger partial charge in [0.05, 0.1) is 11.3 Å². The molecule has 0 radical (unpaired) electrons. The van der Waals surface area contributed by atoms with Gasteiger partial charge in [-0.15, -0.1) is 0 Å². The average Bonchev–Trinajstić information content (AvgIpc) is 2.47. The van der Waals surface area contributed by atoms with Crippen molar-refractivity contribution in [3.05, 3.63) is 11.3 Å². The summed E-state index contributed by atoms with van der Waals surface area (Å²) in [6, 6.07) is 0. The van der Waals surface area contributed by atoms with Gasteiger partial charge in [0.25, 0.3) is 0 Å². The van der Waals surface area contributed by atoms with Gasteiger partial charge >= 0.3 is 0 Å². The van der Waals surface area contributed by atoms with E-state index in [9.17, 15) is 0 Å². The number of anilines is 1. The Labute approximate surface area is 119 Å². The van der Waals surface area contributed by atoms with Crippen molar-refractivity contribution in [2.45, 2.75) is 31.9 Å². The second-order valence-electron chi connectivity index (χ2n) is 5.67. The number of nitrogens with one attached hydrogen (secondary N) is 1. The first-order valence-corrected chi connectivity index (χ1v) is 7.57. The van der Waals surface area contributed by atoms with Crippen LogP contribution in [0.25, 0.3) is 0 Å². The zero-order valence-electron chi connectivity index (χ0n) is 12.2. The van der Waals surface area contributed by atoms with E-state index in [1.54, 1.807) is 0 Å². The van der Waals surface area contributed by atoms with E-state index in [0.717, 1.165) is 42.3 Å². The Morgan fingerprint density at radius 3 is 2.74 bits per heavy atom. The zero-order chi connectivity index (χ0) is 14.2. The van der Waals surface area contributed by atoms with Crippen LogP contribution < -0.4 is 10.6 Å². The number of aromatic nitrogens is 2. The number of hydrogen-bond donors (Lipinski definition) is 2. The molecule has 1 saturated heterocycles. The third-order valence-corrected chi connectivity index (χ3v) is 4.97. The minimum Gasteiger partial charge on any atom is -0.384 e. The minimum atomic E-state index is 0.108. The highest BCUT2D eigenvalue weighted by atomic mass is 32.2. The molecule has 0 atom stereocenters. The number of aryl methyl sites for hydroxylation is 2. The van der Waals surface area contributed by atoms with E-state index in [-0.39, 0.29) is 5.84 Å². The largest absolute Gasteiger partial charge is 0.384 e. The number of nitrogens with zero attached hydrogens (tertiary/aromatic N) is 3. The molecule has 5 nitrogen and oxygen atoms in total. The lowest BCUT2D eigenvalue weighted by molar-refractivity contribution is 0.623. The topological polar surface area (TPSA) is 70.9 Å². The average molecular weight is 281 g/mol. The first-order valence-electron chi connectivity index (χ1n) is 6.59. The molecule has 106 valence electrons. The Hall–Kier alpha value is -1.17. The lowest BCUT2D eigenvalue weighted by Crippen LogP contribution is -2.31. The standard InChI is InChI=1S/C13H23N5S/c1-9-10(11(14)15)12(17(4)16-9)18-6-5-13(2,3)19-8-7-18/h5-8H2,1-4H3,(H3,14,15). The van der Waals surface area contributed by atoms with E-state index >= 15 is 0 Å². The predicted octanol–water partition coefficient (Wildman–Crippen LogP) is 1.73. The Morgan fingerprint density at radius 2 is 2.11 bits per heavy atom. The Balaban J connectivity index is 2.34. The van der Waals surface area contributed by atoms with Gasteiger partial charge in [-0.25, -0.2) is 0 Å². The first kappa shape index (κ1) is 14.2. The van der Waals surface area contributed by atoms with Gasteiger partial charge in [0, 0.05) is 30.6 Å². The van der Waals surface area contributed by atoms with Crippen LogP contribution in [0.1, 0.15) is 31.5 Å². The van der Waals surface area contributed by atoms with Crippen LogP contribution in [-0.2, 0) is 7.05 Å². The lowest BCUT2D eigenvalue weighted by atomic mass is 10.1. The molecule has 0 saturated carbocycles. The van der Waals surface area contributed by atoms with Crippen LogP contribution in [0.4, 0.5) is 5.82 Å². The summed E-state index contributed by atoms with van der Waals surface area (Å²) in [5.41, 5.74) is 7.34. The molecule has 2 heterocycles. The maximum absolute atomic E-state index is 7.77. The summed E-state index contributed by atoms with van der Waals surface area (Å²) in [7, 11) is 1.93. The molecule has 1 aliphatic rings. The summed E-state index contributed by atoms with van der Waals surface area (Å²) in [4.78, 5) is 2.32. The molecule has 1 fully saturated rings. The molecule has 0 aliphatic carbocycles. The number of nitrogens with two attached hydrogens (primary N) is 1. The van der Waals surface area contributed by atoms with Gasteiger partial charge in [0.15, 0.2) is 0 Å².